The lowest BCUT2D eigenvalue weighted by Crippen LogP contribution is -2.23. The van der Waals surface area contributed by atoms with E-state index in [9.17, 15) is 9.59 Å². The largest absolute Gasteiger partial charge is 0.447 e. The minimum absolute atomic E-state index is 0.347. The van der Waals surface area contributed by atoms with Gasteiger partial charge in [0.2, 0.25) is 0 Å². The van der Waals surface area contributed by atoms with E-state index in [1.165, 1.54) is 16.2 Å². The molecule has 13 heavy (non-hydrogen) atoms. The third kappa shape index (κ3) is 1.40. The third-order valence-electron chi connectivity index (χ3n) is 1.62. The molecule has 0 spiro atoms. The molecule has 0 unspecified atom stereocenters. The molecule has 0 aromatic carbocycles. The molecule has 1 aliphatic rings. The third-order valence-corrected chi connectivity index (χ3v) is 2.50. The highest BCUT2D eigenvalue weighted by Crippen LogP contribution is 2.22. The van der Waals surface area contributed by atoms with Gasteiger partial charge in [0.25, 0.3) is 0 Å². The summed E-state index contributed by atoms with van der Waals surface area (Å²) in [4.78, 5) is 26.7. The fraction of sp³-hybridized carbons (Fsp3) is 0.286. The summed E-state index contributed by atoms with van der Waals surface area (Å²) < 4.78 is 4.73. The summed E-state index contributed by atoms with van der Waals surface area (Å²) in [6, 6.07) is 0. The Bertz CT molecular complexity index is 349. The second kappa shape index (κ2) is 3.14. The second-order valence-electron chi connectivity index (χ2n) is 2.44. The van der Waals surface area contributed by atoms with Crippen LogP contribution in [0.25, 0.3) is 0 Å². The summed E-state index contributed by atoms with van der Waals surface area (Å²) in [6.07, 6.45) is 0.258. The molecule has 2 heterocycles. The van der Waals surface area contributed by atoms with Crippen molar-refractivity contribution in [3.8, 4) is 0 Å². The van der Waals surface area contributed by atoms with E-state index < -0.39 is 6.09 Å². The first-order chi connectivity index (χ1) is 6.31. The maximum Gasteiger partial charge on any atom is 0.416 e. The molecular formula is C7H6N2O3S. The predicted octanol–water partition coefficient (Wildman–Crippen LogP) is 0.912. The second-order valence-corrected chi connectivity index (χ2v) is 3.28. The first-order valence-electron chi connectivity index (χ1n) is 3.66. The summed E-state index contributed by atoms with van der Waals surface area (Å²) in [6.45, 7) is 0.888. The van der Waals surface area contributed by atoms with Gasteiger partial charge in [0.15, 0.2) is 11.4 Å². The van der Waals surface area contributed by atoms with Gasteiger partial charge in [0.05, 0.1) is 6.54 Å². The summed E-state index contributed by atoms with van der Waals surface area (Å²) in [5.74, 6) is 0. The van der Waals surface area contributed by atoms with Crippen LogP contribution in [-0.4, -0.2) is 30.5 Å². The Morgan fingerprint density at radius 2 is 2.54 bits per heavy atom. The van der Waals surface area contributed by atoms with Crippen LogP contribution in [0.3, 0.4) is 0 Å². The van der Waals surface area contributed by atoms with E-state index in [0.717, 1.165) is 0 Å². The molecule has 0 bridgehead atoms. The zero-order valence-electron chi connectivity index (χ0n) is 6.60. The Labute approximate surface area is 77.9 Å². The van der Waals surface area contributed by atoms with E-state index in [-0.39, 0.29) is 0 Å². The first kappa shape index (κ1) is 8.18. The van der Waals surface area contributed by atoms with Crippen molar-refractivity contribution in [3.05, 3.63) is 11.1 Å². The number of nitrogens with zero attached hydrogens (tertiary/aromatic N) is 2. The van der Waals surface area contributed by atoms with Crippen LogP contribution in [0.2, 0.25) is 0 Å². The summed E-state index contributed by atoms with van der Waals surface area (Å²) in [7, 11) is 0. The van der Waals surface area contributed by atoms with Gasteiger partial charge in [0.1, 0.15) is 12.3 Å². The highest BCUT2D eigenvalue weighted by molar-refractivity contribution is 7.14. The van der Waals surface area contributed by atoms with Gasteiger partial charge in [-0.1, -0.05) is 0 Å². The molecule has 1 aliphatic heterocycles. The SMILES string of the molecule is O=Cc1csc(N2CCOC2=O)n1. The van der Waals surface area contributed by atoms with Crippen LogP contribution < -0.4 is 4.90 Å². The van der Waals surface area contributed by atoms with Gasteiger partial charge in [-0.05, 0) is 0 Å². The Hall–Kier alpha value is -1.43. The molecule has 1 aromatic rings. The minimum Gasteiger partial charge on any atom is -0.447 e. The quantitative estimate of drug-likeness (QED) is 0.663. The van der Waals surface area contributed by atoms with Crippen molar-refractivity contribution in [1.82, 2.24) is 4.98 Å². The standard InChI is InChI=1S/C7H6N2O3S/c10-3-5-4-13-6(8-5)9-1-2-12-7(9)11/h3-4H,1-2H2. The number of anilines is 1. The highest BCUT2D eigenvalue weighted by Gasteiger charge is 2.25. The molecule has 1 amide bonds. The van der Waals surface area contributed by atoms with E-state index >= 15 is 0 Å². The van der Waals surface area contributed by atoms with E-state index in [2.05, 4.69) is 4.98 Å². The maximum atomic E-state index is 11.1. The fourth-order valence-corrected chi connectivity index (χ4v) is 1.81. The number of aldehydes is 1. The van der Waals surface area contributed by atoms with E-state index in [1.54, 1.807) is 5.38 Å². The first-order valence-corrected chi connectivity index (χ1v) is 4.54. The Balaban J connectivity index is 2.24. The van der Waals surface area contributed by atoms with Crippen LogP contribution in [0.4, 0.5) is 9.93 Å². The van der Waals surface area contributed by atoms with Gasteiger partial charge in [-0.3, -0.25) is 4.79 Å². The molecule has 68 valence electrons. The average Bonchev–Trinajstić information content (AvgIpc) is 2.71. The lowest BCUT2D eigenvalue weighted by atomic mass is 10.6. The number of amides is 1. The van der Waals surface area contributed by atoms with Crippen LogP contribution in [0.15, 0.2) is 5.38 Å². The van der Waals surface area contributed by atoms with Crippen LogP contribution in [-0.2, 0) is 4.74 Å². The van der Waals surface area contributed by atoms with Crippen molar-refractivity contribution in [2.24, 2.45) is 0 Å². The normalized spacial score (nSPS) is 16.0. The van der Waals surface area contributed by atoms with Crippen molar-refractivity contribution in [2.75, 3.05) is 18.1 Å². The molecule has 1 aromatic heterocycles. The Morgan fingerprint density at radius 3 is 3.08 bits per heavy atom. The molecule has 0 aliphatic carbocycles. The highest BCUT2D eigenvalue weighted by atomic mass is 32.1. The molecule has 5 nitrogen and oxygen atoms in total. The molecular weight excluding hydrogens is 192 g/mol. The van der Waals surface area contributed by atoms with Gasteiger partial charge in [-0.2, -0.15) is 0 Å². The fourth-order valence-electron chi connectivity index (χ4n) is 1.02. The zero-order valence-corrected chi connectivity index (χ0v) is 7.41. The van der Waals surface area contributed by atoms with Gasteiger partial charge >= 0.3 is 6.09 Å². The average molecular weight is 198 g/mol. The van der Waals surface area contributed by atoms with Gasteiger partial charge in [-0.15, -0.1) is 11.3 Å². The molecule has 6 heteroatoms. The molecule has 0 radical (unpaired) electrons. The Kier molecular flexibility index (Phi) is 1.97. The maximum absolute atomic E-state index is 11.1. The lowest BCUT2D eigenvalue weighted by Gasteiger charge is -2.06. The van der Waals surface area contributed by atoms with Crippen molar-refractivity contribution in [2.45, 2.75) is 0 Å². The number of hydrogen-bond donors (Lipinski definition) is 0. The van der Waals surface area contributed by atoms with E-state index in [4.69, 9.17) is 4.74 Å². The van der Waals surface area contributed by atoms with E-state index in [0.29, 0.717) is 30.3 Å². The zero-order chi connectivity index (χ0) is 9.26. The number of rotatable bonds is 2. The number of hydrogen-bond acceptors (Lipinski definition) is 5. The minimum atomic E-state index is -0.396. The number of ether oxygens (including phenoxy) is 1. The van der Waals surface area contributed by atoms with Crippen molar-refractivity contribution in [1.29, 1.82) is 0 Å². The van der Waals surface area contributed by atoms with Gasteiger partial charge in [-0.25, -0.2) is 14.7 Å². The molecule has 0 saturated carbocycles. The number of cyclic esters (lactones) is 1. The topological polar surface area (TPSA) is 59.5 Å². The molecule has 1 fully saturated rings. The molecule has 0 N–H and O–H groups in total. The van der Waals surface area contributed by atoms with Gasteiger partial charge in [0, 0.05) is 5.38 Å². The molecule has 1 saturated heterocycles. The van der Waals surface area contributed by atoms with Crippen LogP contribution in [0.1, 0.15) is 10.5 Å². The summed E-state index contributed by atoms with van der Waals surface area (Å²) in [5.41, 5.74) is 0.347. The number of carbonyl (C=O) groups excluding carboxylic acids is 2. The Morgan fingerprint density at radius 1 is 1.69 bits per heavy atom. The van der Waals surface area contributed by atoms with Crippen LogP contribution in [0.5, 0.6) is 0 Å². The number of carbonyl (C=O) groups is 2. The molecule has 0 atom stereocenters. The van der Waals surface area contributed by atoms with E-state index in [1.807, 2.05) is 0 Å². The summed E-state index contributed by atoms with van der Waals surface area (Å²) >= 11 is 1.26. The number of aromatic nitrogens is 1. The predicted molar refractivity (Wildman–Crippen MR) is 46.2 cm³/mol. The lowest BCUT2D eigenvalue weighted by molar-refractivity contribution is 0.111. The number of thiazole rings is 1. The summed E-state index contributed by atoms with van der Waals surface area (Å²) in [5, 5.41) is 2.12. The monoisotopic (exact) mass is 198 g/mol. The smallest absolute Gasteiger partial charge is 0.416 e. The molecule has 2 rings (SSSR count). The van der Waals surface area contributed by atoms with Crippen molar-refractivity contribution >= 4 is 28.8 Å². The van der Waals surface area contributed by atoms with Crippen molar-refractivity contribution < 1.29 is 14.3 Å². The van der Waals surface area contributed by atoms with Crippen LogP contribution in [0, 0.1) is 0 Å². The van der Waals surface area contributed by atoms with Crippen molar-refractivity contribution in [3.63, 3.8) is 0 Å². The van der Waals surface area contributed by atoms with Crippen LogP contribution >= 0.6 is 11.3 Å². The van der Waals surface area contributed by atoms with Gasteiger partial charge < -0.3 is 4.74 Å².